The number of carbonyl (C=O) groups is 1. The highest BCUT2D eigenvalue weighted by Gasteiger charge is 1.97. The summed E-state index contributed by atoms with van der Waals surface area (Å²) in [5.41, 5.74) is 4.94. The Balaban J connectivity index is 2.41. The number of hydrogen-bond acceptors (Lipinski definition) is 3. The van der Waals surface area contributed by atoms with Gasteiger partial charge in [0.05, 0.1) is 19.2 Å². The molecule has 1 amide bonds. The van der Waals surface area contributed by atoms with Gasteiger partial charge >= 0.3 is 0 Å². The monoisotopic (exact) mass is 244 g/mol. The van der Waals surface area contributed by atoms with Crippen molar-refractivity contribution in [3.63, 3.8) is 0 Å². The predicted molar refractivity (Wildman–Crippen MR) is 51.2 cm³/mol. The molecule has 1 aromatic rings. The number of amides is 1. The maximum absolute atomic E-state index is 10.4. The van der Waals surface area contributed by atoms with Crippen LogP contribution in [0.5, 0.6) is 5.75 Å². The minimum atomic E-state index is -0.372. The van der Waals surface area contributed by atoms with Crippen molar-refractivity contribution in [2.24, 2.45) is 5.73 Å². The third kappa shape index (κ3) is 3.89. The molecule has 0 spiro atoms. The van der Waals surface area contributed by atoms with Crippen LogP contribution in [0.15, 0.2) is 22.9 Å². The highest BCUT2D eigenvalue weighted by Crippen LogP contribution is 2.15. The van der Waals surface area contributed by atoms with E-state index in [2.05, 4.69) is 20.9 Å². The van der Waals surface area contributed by atoms with E-state index in [-0.39, 0.29) is 18.9 Å². The van der Waals surface area contributed by atoms with Crippen LogP contribution in [-0.4, -0.2) is 17.5 Å². The second-order valence-electron chi connectivity index (χ2n) is 2.40. The van der Waals surface area contributed by atoms with Crippen molar-refractivity contribution in [3.05, 3.63) is 22.9 Å². The molecule has 1 heterocycles. The fourth-order valence-corrected chi connectivity index (χ4v) is 1.08. The molecule has 1 aromatic heterocycles. The quantitative estimate of drug-likeness (QED) is 0.863. The minimum Gasteiger partial charge on any atom is -0.491 e. The summed E-state index contributed by atoms with van der Waals surface area (Å²) in [6, 6.07) is 1.77. The fraction of sp³-hybridized carbons (Fsp3) is 0.250. The van der Waals surface area contributed by atoms with Gasteiger partial charge in [-0.1, -0.05) is 0 Å². The first kappa shape index (κ1) is 9.98. The summed E-state index contributed by atoms with van der Waals surface area (Å²) in [6.45, 7) is 0.285. The van der Waals surface area contributed by atoms with Gasteiger partial charge in [-0.3, -0.25) is 9.78 Å². The van der Waals surface area contributed by atoms with Gasteiger partial charge in [0.25, 0.3) is 0 Å². The summed E-state index contributed by atoms with van der Waals surface area (Å²) < 4.78 is 6.04. The molecule has 0 aliphatic carbocycles. The van der Waals surface area contributed by atoms with Crippen LogP contribution in [0.1, 0.15) is 6.42 Å². The van der Waals surface area contributed by atoms with Gasteiger partial charge in [-0.2, -0.15) is 0 Å². The lowest BCUT2D eigenvalue weighted by molar-refractivity contribution is -0.118. The minimum absolute atomic E-state index is 0.215. The average molecular weight is 245 g/mol. The zero-order chi connectivity index (χ0) is 9.68. The van der Waals surface area contributed by atoms with Gasteiger partial charge in [0.1, 0.15) is 5.75 Å². The summed E-state index contributed by atoms with van der Waals surface area (Å²) in [5.74, 6) is 0.249. The Labute approximate surface area is 84.2 Å². The number of pyridine rings is 1. The number of primary amides is 1. The summed E-state index contributed by atoms with van der Waals surface area (Å²) in [5, 5.41) is 0. The zero-order valence-electron chi connectivity index (χ0n) is 6.87. The third-order valence-corrected chi connectivity index (χ3v) is 1.73. The molecule has 0 bridgehead atoms. The molecule has 0 atom stereocenters. The Hall–Kier alpha value is -1.10. The van der Waals surface area contributed by atoms with E-state index in [1.54, 1.807) is 18.5 Å². The van der Waals surface area contributed by atoms with Gasteiger partial charge in [-0.25, -0.2) is 0 Å². The van der Waals surface area contributed by atoms with Crippen molar-refractivity contribution in [1.29, 1.82) is 0 Å². The van der Waals surface area contributed by atoms with E-state index < -0.39 is 0 Å². The molecular formula is C8H9BrN2O2. The molecule has 1 rings (SSSR count). The van der Waals surface area contributed by atoms with Gasteiger partial charge in [0, 0.05) is 10.7 Å². The van der Waals surface area contributed by atoms with Crippen molar-refractivity contribution in [2.75, 3.05) is 6.61 Å². The van der Waals surface area contributed by atoms with Crippen molar-refractivity contribution in [1.82, 2.24) is 4.98 Å². The van der Waals surface area contributed by atoms with Crippen LogP contribution in [-0.2, 0) is 4.79 Å². The Bertz CT molecular complexity index is 304. The van der Waals surface area contributed by atoms with E-state index in [9.17, 15) is 4.79 Å². The van der Waals surface area contributed by atoms with Gasteiger partial charge in [0.2, 0.25) is 5.91 Å². The lowest BCUT2D eigenvalue weighted by atomic mass is 10.4. The van der Waals surface area contributed by atoms with E-state index in [1.165, 1.54) is 0 Å². The first-order valence-corrected chi connectivity index (χ1v) is 4.49. The normalized spacial score (nSPS) is 9.62. The smallest absolute Gasteiger partial charge is 0.220 e. The molecule has 4 nitrogen and oxygen atoms in total. The van der Waals surface area contributed by atoms with Gasteiger partial charge in [0.15, 0.2) is 0 Å². The second-order valence-corrected chi connectivity index (χ2v) is 3.32. The number of nitrogens with two attached hydrogens (primary N) is 1. The Morgan fingerprint density at radius 2 is 2.38 bits per heavy atom. The standard InChI is InChI=1S/C8H9BrN2O2/c9-6-3-7(5-11-4-6)13-2-1-8(10)12/h3-5H,1-2H2,(H2,10,12). The first-order chi connectivity index (χ1) is 6.18. The largest absolute Gasteiger partial charge is 0.491 e. The molecule has 0 aliphatic heterocycles. The lowest BCUT2D eigenvalue weighted by Crippen LogP contribution is -2.14. The molecule has 0 unspecified atom stereocenters. The van der Waals surface area contributed by atoms with Crippen molar-refractivity contribution in [2.45, 2.75) is 6.42 Å². The molecule has 5 heteroatoms. The van der Waals surface area contributed by atoms with E-state index in [0.29, 0.717) is 5.75 Å². The molecular weight excluding hydrogens is 236 g/mol. The number of carbonyl (C=O) groups excluding carboxylic acids is 1. The Morgan fingerprint density at radius 1 is 1.62 bits per heavy atom. The molecule has 0 fully saturated rings. The van der Waals surface area contributed by atoms with Crippen molar-refractivity contribution < 1.29 is 9.53 Å². The second kappa shape index (κ2) is 4.81. The van der Waals surface area contributed by atoms with E-state index in [0.717, 1.165) is 4.47 Å². The van der Waals surface area contributed by atoms with Crippen LogP contribution in [0.2, 0.25) is 0 Å². The third-order valence-electron chi connectivity index (χ3n) is 1.30. The number of halogens is 1. The highest BCUT2D eigenvalue weighted by atomic mass is 79.9. The van der Waals surface area contributed by atoms with Crippen LogP contribution in [0.25, 0.3) is 0 Å². The topological polar surface area (TPSA) is 65.2 Å². The van der Waals surface area contributed by atoms with E-state index in [1.807, 2.05) is 0 Å². The number of hydrogen-bond donors (Lipinski definition) is 1. The van der Waals surface area contributed by atoms with Gasteiger partial charge in [-0.15, -0.1) is 0 Å². The van der Waals surface area contributed by atoms with Gasteiger partial charge in [-0.05, 0) is 22.0 Å². The van der Waals surface area contributed by atoms with E-state index in [4.69, 9.17) is 10.5 Å². The molecule has 70 valence electrons. The van der Waals surface area contributed by atoms with Crippen molar-refractivity contribution >= 4 is 21.8 Å². The molecule has 2 N–H and O–H groups in total. The molecule has 13 heavy (non-hydrogen) atoms. The van der Waals surface area contributed by atoms with Crippen LogP contribution >= 0.6 is 15.9 Å². The molecule has 0 saturated carbocycles. The summed E-state index contributed by atoms with van der Waals surface area (Å²) in [6.07, 6.45) is 3.44. The van der Waals surface area contributed by atoms with Crippen LogP contribution in [0.3, 0.4) is 0 Å². The lowest BCUT2D eigenvalue weighted by Gasteiger charge is -2.03. The Morgan fingerprint density at radius 3 is 3.00 bits per heavy atom. The first-order valence-electron chi connectivity index (χ1n) is 3.70. The Kier molecular flexibility index (Phi) is 3.70. The summed E-state index contributed by atoms with van der Waals surface area (Å²) >= 11 is 3.25. The maximum atomic E-state index is 10.4. The van der Waals surface area contributed by atoms with E-state index >= 15 is 0 Å². The number of rotatable bonds is 4. The number of aromatic nitrogens is 1. The molecule has 0 aliphatic rings. The van der Waals surface area contributed by atoms with Crippen LogP contribution < -0.4 is 10.5 Å². The summed E-state index contributed by atoms with van der Waals surface area (Å²) in [4.78, 5) is 14.3. The van der Waals surface area contributed by atoms with Crippen LogP contribution in [0, 0.1) is 0 Å². The molecule has 0 saturated heterocycles. The fourth-order valence-electron chi connectivity index (χ4n) is 0.741. The number of nitrogens with zero attached hydrogens (tertiary/aromatic N) is 1. The molecule has 0 radical (unpaired) electrons. The summed E-state index contributed by atoms with van der Waals surface area (Å²) in [7, 11) is 0. The maximum Gasteiger partial charge on any atom is 0.220 e. The van der Waals surface area contributed by atoms with Gasteiger partial charge < -0.3 is 10.5 Å². The van der Waals surface area contributed by atoms with Crippen molar-refractivity contribution in [3.8, 4) is 5.75 Å². The predicted octanol–water partition coefficient (Wildman–Crippen LogP) is 1.10. The zero-order valence-corrected chi connectivity index (χ0v) is 8.45. The SMILES string of the molecule is NC(=O)CCOc1cncc(Br)c1. The highest BCUT2D eigenvalue weighted by molar-refractivity contribution is 9.10. The van der Waals surface area contributed by atoms with Crippen LogP contribution in [0.4, 0.5) is 0 Å². The molecule has 0 aromatic carbocycles. The number of ether oxygens (including phenoxy) is 1. The average Bonchev–Trinajstić information content (AvgIpc) is 2.03.